The van der Waals surface area contributed by atoms with E-state index in [4.69, 9.17) is 10.5 Å². The number of halogens is 2. The number of benzene rings is 1. The molecule has 1 fully saturated rings. The predicted octanol–water partition coefficient (Wildman–Crippen LogP) is 3.32. The Morgan fingerprint density at radius 2 is 1.94 bits per heavy atom. The molecule has 8 nitrogen and oxygen atoms in total. The quantitative estimate of drug-likeness (QED) is 0.613. The molecule has 1 saturated heterocycles. The van der Waals surface area contributed by atoms with Gasteiger partial charge in [-0.05, 0) is 36.6 Å². The van der Waals surface area contributed by atoms with Crippen molar-refractivity contribution in [1.82, 2.24) is 14.6 Å². The number of nitrogen functional groups attached to an aromatic ring is 1. The molecule has 1 aromatic carbocycles. The number of carbonyl (C=O) groups is 1. The van der Waals surface area contributed by atoms with Gasteiger partial charge in [0, 0.05) is 37.7 Å². The lowest BCUT2D eigenvalue weighted by molar-refractivity contribution is -0.0222. The van der Waals surface area contributed by atoms with Gasteiger partial charge < -0.3 is 20.5 Å². The van der Waals surface area contributed by atoms with Crippen LogP contribution < -0.4 is 10.6 Å². The van der Waals surface area contributed by atoms with E-state index in [0.29, 0.717) is 16.7 Å². The van der Waals surface area contributed by atoms with Crippen molar-refractivity contribution in [2.75, 3.05) is 30.8 Å². The number of methoxy groups -OCH3 is 1. The molecular weight excluding hydrogens is 408 g/mol. The smallest absolute Gasteiger partial charge is 0.343 e. The fraction of sp³-hybridized carbons (Fsp3) is 0.381. The van der Waals surface area contributed by atoms with Gasteiger partial charge in [-0.3, -0.25) is 0 Å². The minimum Gasteiger partial charge on any atom is -0.508 e. The van der Waals surface area contributed by atoms with Crippen molar-refractivity contribution in [2.24, 2.45) is 0 Å². The van der Waals surface area contributed by atoms with Gasteiger partial charge >= 0.3 is 5.97 Å². The monoisotopic (exact) mass is 431 g/mol. The molecule has 4 rings (SSSR count). The van der Waals surface area contributed by atoms with E-state index in [0.717, 1.165) is 5.56 Å². The van der Waals surface area contributed by atoms with Crippen molar-refractivity contribution in [1.29, 1.82) is 0 Å². The van der Waals surface area contributed by atoms with E-state index in [1.165, 1.54) is 11.6 Å². The number of aryl methyl sites for hydroxylation is 1. The van der Waals surface area contributed by atoms with Gasteiger partial charge in [-0.2, -0.15) is 4.98 Å². The second-order valence-electron chi connectivity index (χ2n) is 7.75. The third-order valence-electron chi connectivity index (χ3n) is 5.74. The van der Waals surface area contributed by atoms with Crippen molar-refractivity contribution in [3.63, 3.8) is 0 Å². The van der Waals surface area contributed by atoms with Crippen LogP contribution in [0.2, 0.25) is 0 Å². The SMILES string of the molecule is COC(=O)c1c(N)c(-c2c(C)ccc(O)c2C)cn2nc(N3CCC(F)(F)CC3)nc12. The van der Waals surface area contributed by atoms with Crippen LogP contribution in [0.15, 0.2) is 18.3 Å². The number of piperidine rings is 1. The summed E-state index contributed by atoms with van der Waals surface area (Å²) in [5.41, 5.74) is 9.33. The number of pyridine rings is 1. The molecule has 0 amide bonds. The van der Waals surface area contributed by atoms with Crippen LogP contribution >= 0.6 is 0 Å². The van der Waals surface area contributed by atoms with E-state index in [-0.39, 0.29) is 54.5 Å². The highest BCUT2D eigenvalue weighted by Crippen LogP contribution is 2.38. The van der Waals surface area contributed by atoms with E-state index in [1.54, 1.807) is 30.2 Å². The fourth-order valence-corrected chi connectivity index (χ4v) is 3.94. The Kier molecular flexibility index (Phi) is 4.95. The zero-order valence-electron chi connectivity index (χ0n) is 17.4. The highest BCUT2D eigenvalue weighted by Gasteiger charge is 2.35. The highest BCUT2D eigenvalue weighted by atomic mass is 19.3. The lowest BCUT2D eigenvalue weighted by Crippen LogP contribution is -2.39. The first-order chi connectivity index (χ1) is 14.6. The Morgan fingerprint density at radius 3 is 2.58 bits per heavy atom. The number of phenolic OH excluding ortho intramolecular Hbond substituents is 1. The summed E-state index contributed by atoms with van der Waals surface area (Å²) in [4.78, 5) is 18.7. The highest BCUT2D eigenvalue weighted by molar-refractivity contribution is 6.05. The molecule has 3 heterocycles. The summed E-state index contributed by atoms with van der Waals surface area (Å²) < 4.78 is 33.4. The molecular formula is C21H23F2N5O3. The predicted molar refractivity (Wildman–Crippen MR) is 112 cm³/mol. The summed E-state index contributed by atoms with van der Waals surface area (Å²) >= 11 is 0. The van der Waals surface area contributed by atoms with Gasteiger partial charge in [-0.25, -0.2) is 18.1 Å². The normalized spacial score (nSPS) is 16.0. The van der Waals surface area contributed by atoms with Crippen LogP contribution in [0.25, 0.3) is 16.8 Å². The number of nitrogens with two attached hydrogens (primary N) is 1. The van der Waals surface area contributed by atoms with Crippen LogP contribution in [-0.2, 0) is 4.74 Å². The zero-order valence-corrected chi connectivity index (χ0v) is 17.4. The average molecular weight is 431 g/mol. The van der Waals surface area contributed by atoms with E-state index in [1.807, 2.05) is 6.92 Å². The molecule has 2 aromatic heterocycles. The van der Waals surface area contributed by atoms with Crippen molar-refractivity contribution >= 4 is 23.3 Å². The topological polar surface area (TPSA) is 106 Å². The number of hydrogen-bond acceptors (Lipinski definition) is 7. The number of aromatic hydroxyl groups is 1. The maximum Gasteiger partial charge on any atom is 0.343 e. The minimum atomic E-state index is -2.70. The summed E-state index contributed by atoms with van der Waals surface area (Å²) in [6, 6.07) is 3.34. The third kappa shape index (κ3) is 3.51. The average Bonchev–Trinajstić information content (AvgIpc) is 3.14. The third-order valence-corrected chi connectivity index (χ3v) is 5.74. The number of anilines is 2. The van der Waals surface area contributed by atoms with E-state index in [9.17, 15) is 18.7 Å². The minimum absolute atomic E-state index is 0.0308. The van der Waals surface area contributed by atoms with Crippen molar-refractivity contribution in [3.05, 3.63) is 35.0 Å². The Morgan fingerprint density at radius 1 is 1.26 bits per heavy atom. The summed E-state index contributed by atoms with van der Waals surface area (Å²) in [7, 11) is 1.24. The first-order valence-corrected chi connectivity index (χ1v) is 9.82. The standard InChI is InChI=1S/C21H23F2N5O3/c1-11-4-5-14(29)12(2)15(11)13-10-28-18(16(17(13)24)19(30)31-3)25-20(26-28)27-8-6-21(22,23)7-9-27/h4-5,10,29H,6-9,24H2,1-3H3. The number of alkyl halides is 2. The van der Waals surface area contributed by atoms with Crippen LogP contribution in [0, 0.1) is 13.8 Å². The van der Waals surface area contributed by atoms with E-state index in [2.05, 4.69) is 10.1 Å². The molecule has 164 valence electrons. The molecule has 3 aromatic rings. The second-order valence-corrected chi connectivity index (χ2v) is 7.75. The van der Waals surface area contributed by atoms with Crippen LogP contribution in [0.5, 0.6) is 5.75 Å². The summed E-state index contributed by atoms with van der Waals surface area (Å²) in [6.45, 7) is 3.82. The Hall–Kier alpha value is -3.43. The van der Waals surface area contributed by atoms with Crippen LogP contribution in [-0.4, -0.2) is 51.8 Å². The Labute approximate surface area is 177 Å². The van der Waals surface area contributed by atoms with Crippen molar-refractivity contribution in [2.45, 2.75) is 32.6 Å². The molecule has 0 aliphatic carbocycles. The van der Waals surface area contributed by atoms with E-state index >= 15 is 0 Å². The summed E-state index contributed by atoms with van der Waals surface area (Å²) in [5, 5.41) is 14.6. The molecule has 3 N–H and O–H groups in total. The van der Waals surface area contributed by atoms with Crippen molar-refractivity contribution < 1.29 is 23.4 Å². The molecule has 0 saturated carbocycles. The summed E-state index contributed by atoms with van der Waals surface area (Å²) in [5.74, 6) is -3.06. The number of phenols is 1. The molecule has 0 unspecified atom stereocenters. The van der Waals surface area contributed by atoms with Crippen molar-refractivity contribution in [3.8, 4) is 16.9 Å². The number of fused-ring (bicyclic) bond motifs is 1. The van der Waals surface area contributed by atoms with Gasteiger partial charge in [0.15, 0.2) is 5.65 Å². The van der Waals surface area contributed by atoms with Gasteiger partial charge in [-0.1, -0.05) is 6.07 Å². The first kappa shape index (κ1) is 20.8. The van der Waals surface area contributed by atoms with Gasteiger partial charge in [0.2, 0.25) is 5.95 Å². The Bertz CT molecular complexity index is 1180. The molecule has 1 aliphatic heterocycles. The van der Waals surface area contributed by atoms with Gasteiger partial charge in [-0.15, -0.1) is 5.10 Å². The number of hydrogen-bond donors (Lipinski definition) is 2. The molecule has 31 heavy (non-hydrogen) atoms. The largest absolute Gasteiger partial charge is 0.508 e. The van der Waals surface area contributed by atoms with Crippen LogP contribution in [0.3, 0.4) is 0 Å². The second kappa shape index (κ2) is 7.36. The lowest BCUT2D eigenvalue weighted by Gasteiger charge is -2.30. The maximum absolute atomic E-state index is 13.5. The number of rotatable bonds is 3. The number of aromatic nitrogens is 3. The molecule has 0 spiro atoms. The number of ether oxygens (including phenoxy) is 1. The molecule has 10 heteroatoms. The summed E-state index contributed by atoms with van der Waals surface area (Å²) in [6.07, 6.45) is 1.05. The molecule has 1 aliphatic rings. The zero-order chi connectivity index (χ0) is 22.5. The van der Waals surface area contributed by atoms with E-state index < -0.39 is 11.9 Å². The first-order valence-electron chi connectivity index (χ1n) is 9.82. The fourth-order valence-electron chi connectivity index (χ4n) is 3.94. The van der Waals surface area contributed by atoms with Crippen LogP contribution in [0.4, 0.5) is 20.4 Å². The van der Waals surface area contributed by atoms with Gasteiger partial charge in [0.25, 0.3) is 5.92 Å². The van der Waals surface area contributed by atoms with Crippen LogP contribution in [0.1, 0.15) is 34.3 Å². The number of esters is 1. The number of nitrogens with zero attached hydrogens (tertiary/aromatic N) is 4. The molecule has 0 radical (unpaired) electrons. The van der Waals surface area contributed by atoms with Gasteiger partial charge in [0.1, 0.15) is 11.3 Å². The van der Waals surface area contributed by atoms with Gasteiger partial charge in [0.05, 0.1) is 12.8 Å². The molecule has 0 atom stereocenters. The number of carbonyl (C=O) groups excluding carboxylic acids is 1. The Balaban J connectivity index is 1.92. The maximum atomic E-state index is 13.5. The lowest BCUT2D eigenvalue weighted by atomic mass is 9.94. The molecule has 0 bridgehead atoms.